The fourth-order valence-corrected chi connectivity index (χ4v) is 6.30. The van der Waals surface area contributed by atoms with Crippen molar-refractivity contribution in [1.82, 2.24) is 23.7 Å². The first-order valence-electron chi connectivity index (χ1n) is 12.8. The van der Waals surface area contributed by atoms with Gasteiger partial charge in [-0.15, -0.1) is 0 Å². The number of likely N-dealkylation sites (tertiary alicyclic amines) is 1. The second-order valence-electron chi connectivity index (χ2n) is 10.1. The molecule has 0 spiro atoms. The van der Waals surface area contributed by atoms with E-state index in [1.54, 1.807) is 10.8 Å². The fourth-order valence-electron chi connectivity index (χ4n) is 5.43. The molecule has 2 aromatic heterocycles. The third-order valence-corrected chi connectivity index (χ3v) is 8.87. The fraction of sp³-hybridized carbons (Fsp3) is 0.462. The lowest BCUT2D eigenvalue weighted by Crippen LogP contribution is -2.42. The average Bonchev–Trinajstić information content (AvgIpc) is 2.89. The van der Waals surface area contributed by atoms with Crippen molar-refractivity contribution in [3.63, 3.8) is 0 Å². The van der Waals surface area contributed by atoms with Gasteiger partial charge >= 0.3 is 6.09 Å². The molecular weight excluding hydrogens is 508 g/mol. The van der Waals surface area contributed by atoms with Gasteiger partial charge in [0.25, 0.3) is 5.56 Å². The van der Waals surface area contributed by atoms with Gasteiger partial charge < -0.3 is 15.3 Å². The molecule has 2 fully saturated rings. The number of hydrogen-bond donors (Lipinski definition) is 2. The Bertz CT molecular complexity index is 1520. The minimum Gasteiger partial charge on any atom is -0.465 e. The van der Waals surface area contributed by atoms with Crippen LogP contribution in [0.1, 0.15) is 37.3 Å². The molecule has 0 radical (unpaired) electrons. The Balaban J connectivity index is 1.53. The Morgan fingerprint density at radius 1 is 1.05 bits per heavy atom. The second-order valence-corrected chi connectivity index (χ2v) is 12.1. The number of carbonyl (C=O) groups is 1. The van der Waals surface area contributed by atoms with E-state index in [4.69, 9.17) is 4.98 Å². The van der Waals surface area contributed by atoms with Gasteiger partial charge in [0.05, 0.1) is 6.26 Å². The van der Waals surface area contributed by atoms with Crippen molar-refractivity contribution >= 4 is 33.1 Å². The lowest BCUT2D eigenvalue weighted by Gasteiger charge is -2.32. The zero-order valence-corrected chi connectivity index (χ0v) is 22.3. The molecule has 0 atom stereocenters. The molecule has 4 heterocycles. The molecule has 0 saturated carbocycles. The summed E-state index contributed by atoms with van der Waals surface area (Å²) in [4.78, 5) is 35.9. The quantitative estimate of drug-likeness (QED) is 0.504. The summed E-state index contributed by atoms with van der Waals surface area (Å²) in [5, 5.41) is 13.2. The zero-order chi connectivity index (χ0) is 27.0. The maximum atomic E-state index is 14.0. The van der Waals surface area contributed by atoms with Crippen LogP contribution < -0.4 is 10.9 Å². The van der Waals surface area contributed by atoms with Crippen LogP contribution in [0.25, 0.3) is 22.2 Å². The third-order valence-electron chi connectivity index (χ3n) is 7.56. The molecule has 0 unspecified atom stereocenters. The summed E-state index contributed by atoms with van der Waals surface area (Å²) in [6.07, 6.45) is 4.27. The van der Waals surface area contributed by atoms with Gasteiger partial charge in [-0.1, -0.05) is 24.3 Å². The standard InChI is InChI=1S/C26H32N6O5S/c1-17-5-3-4-6-21(17)22-15-18-16-27-25(28-19-7-11-30(12-8-19)26(34)35)29-23(18)32(24(22)33)20-9-13-31(14-10-20)38(2,36)37/h3-6,15-16,19-20H,7-14H2,1-2H3,(H,34,35)(H,27,28,29). The predicted molar refractivity (Wildman–Crippen MR) is 145 cm³/mol. The Labute approximate surface area is 221 Å². The molecule has 0 aliphatic carbocycles. The number of aryl methyl sites for hydroxylation is 1. The van der Waals surface area contributed by atoms with Crippen LogP contribution in [0.15, 0.2) is 41.3 Å². The van der Waals surface area contributed by atoms with Gasteiger partial charge in [0.15, 0.2) is 0 Å². The minimum absolute atomic E-state index is 0.0208. The van der Waals surface area contributed by atoms with Crippen molar-refractivity contribution in [1.29, 1.82) is 0 Å². The van der Waals surface area contributed by atoms with Crippen LogP contribution in [-0.2, 0) is 10.0 Å². The molecule has 2 aliphatic rings. The summed E-state index contributed by atoms with van der Waals surface area (Å²) in [6, 6.07) is 9.36. The number of piperidine rings is 2. The van der Waals surface area contributed by atoms with Crippen LogP contribution >= 0.6 is 0 Å². The topological polar surface area (TPSA) is 138 Å². The predicted octanol–water partition coefficient (Wildman–Crippen LogP) is 2.92. The van der Waals surface area contributed by atoms with Crippen LogP contribution in [-0.4, -0.2) is 81.8 Å². The van der Waals surface area contributed by atoms with Gasteiger partial charge in [-0.3, -0.25) is 9.36 Å². The van der Waals surface area contributed by atoms with Gasteiger partial charge in [-0.05, 0) is 49.8 Å². The summed E-state index contributed by atoms with van der Waals surface area (Å²) < 4.78 is 27.3. The summed E-state index contributed by atoms with van der Waals surface area (Å²) in [5.74, 6) is 0.386. The smallest absolute Gasteiger partial charge is 0.407 e. The van der Waals surface area contributed by atoms with Crippen LogP contribution in [0.4, 0.5) is 10.7 Å². The van der Waals surface area contributed by atoms with Gasteiger partial charge in [-0.25, -0.2) is 22.5 Å². The number of nitrogens with zero attached hydrogens (tertiary/aromatic N) is 5. The zero-order valence-electron chi connectivity index (χ0n) is 21.5. The summed E-state index contributed by atoms with van der Waals surface area (Å²) >= 11 is 0. The molecule has 3 aromatic rings. The maximum Gasteiger partial charge on any atom is 0.407 e. The Morgan fingerprint density at radius 2 is 1.74 bits per heavy atom. The number of benzene rings is 1. The Hall–Kier alpha value is -3.51. The first-order valence-corrected chi connectivity index (χ1v) is 14.6. The van der Waals surface area contributed by atoms with Gasteiger partial charge in [-0.2, -0.15) is 4.98 Å². The van der Waals surface area contributed by atoms with E-state index in [0.29, 0.717) is 69.0 Å². The average molecular weight is 541 g/mol. The van der Waals surface area contributed by atoms with Crippen LogP contribution in [0, 0.1) is 6.92 Å². The summed E-state index contributed by atoms with van der Waals surface area (Å²) in [7, 11) is -3.30. The Morgan fingerprint density at radius 3 is 2.37 bits per heavy atom. The van der Waals surface area contributed by atoms with Gasteiger partial charge in [0.2, 0.25) is 16.0 Å². The first kappa shape index (κ1) is 26.1. The van der Waals surface area contributed by atoms with Crippen molar-refractivity contribution in [2.45, 2.75) is 44.7 Å². The number of anilines is 1. The second kappa shape index (κ2) is 10.3. The van der Waals surface area contributed by atoms with E-state index in [0.717, 1.165) is 16.5 Å². The molecule has 12 heteroatoms. The highest BCUT2D eigenvalue weighted by Crippen LogP contribution is 2.29. The number of nitrogens with one attached hydrogen (secondary N) is 1. The minimum atomic E-state index is -3.30. The summed E-state index contributed by atoms with van der Waals surface area (Å²) in [6.45, 7) is 3.51. The number of aromatic nitrogens is 3. The number of hydrogen-bond acceptors (Lipinski definition) is 7. The van der Waals surface area contributed by atoms with E-state index < -0.39 is 16.1 Å². The van der Waals surface area contributed by atoms with Crippen LogP contribution in [0.3, 0.4) is 0 Å². The Kier molecular flexibility index (Phi) is 7.10. The molecule has 0 bridgehead atoms. The van der Waals surface area contributed by atoms with E-state index in [9.17, 15) is 23.1 Å². The van der Waals surface area contributed by atoms with Crippen LogP contribution in [0.2, 0.25) is 0 Å². The molecule has 2 aliphatic heterocycles. The highest BCUT2D eigenvalue weighted by molar-refractivity contribution is 7.88. The number of carboxylic acid groups (broad SMARTS) is 1. The molecular formula is C26H32N6O5S. The van der Waals surface area contributed by atoms with E-state index in [2.05, 4.69) is 10.3 Å². The lowest BCUT2D eigenvalue weighted by atomic mass is 9.99. The number of pyridine rings is 1. The van der Waals surface area contributed by atoms with Gasteiger partial charge in [0, 0.05) is 55.4 Å². The van der Waals surface area contributed by atoms with E-state index in [-0.39, 0.29) is 17.6 Å². The van der Waals surface area contributed by atoms with E-state index in [1.807, 2.05) is 37.3 Å². The third kappa shape index (κ3) is 5.23. The first-order chi connectivity index (χ1) is 18.1. The highest BCUT2D eigenvalue weighted by Gasteiger charge is 2.29. The molecule has 2 N–H and O–H groups in total. The van der Waals surface area contributed by atoms with Crippen molar-refractivity contribution < 1.29 is 18.3 Å². The van der Waals surface area contributed by atoms with Crippen molar-refractivity contribution in [2.24, 2.45) is 0 Å². The molecule has 11 nitrogen and oxygen atoms in total. The number of rotatable bonds is 5. The SMILES string of the molecule is Cc1ccccc1-c1cc2cnc(NC3CCN(C(=O)O)CC3)nc2n(C2CCN(S(C)(=O)=O)CC2)c1=O. The van der Waals surface area contributed by atoms with Gasteiger partial charge in [0.1, 0.15) is 5.65 Å². The monoisotopic (exact) mass is 540 g/mol. The molecule has 38 heavy (non-hydrogen) atoms. The number of amides is 1. The molecule has 1 aromatic carbocycles. The lowest BCUT2D eigenvalue weighted by molar-refractivity contribution is 0.133. The number of sulfonamides is 1. The normalized spacial score (nSPS) is 18.1. The number of fused-ring (bicyclic) bond motifs is 1. The van der Waals surface area contributed by atoms with E-state index in [1.165, 1.54) is 15.5 Å². The maximum absolute atomic E-state index is 14.0. The van der Waals surface area contributed by atoms with Crippen molar-refractivity contribution in [3.05, 3.63) is 52.4 Å². The molecule has 202 valence electrons. The highest BCUT2D eigenvalue weighted by atomic mass is 32.2. The van der Waals surface area contributed by atoms with Crippen LogP contribution in [0.5, 0.6) is 0 Å². The largest absolute Gasteiger partial charge is 0.465 e. The molecule has 5 rings (SSSR count). The van der Waals surface area contributed by atoms with E-state index >= 15 is 0 Å². The summed E-state index contributed by atoms with van der Waals surface area (Å²) in [5.41, 5.74) is 2.73. The molecule has 2 saturated heterocycles. The molecule has 1 amide bonds. The van der Waals surface area contributed by atoms with Crippen molar-refractivity contribution in [3.8, 4) is 11.1 Å². The van der Waals surface area contributed by atoms with Crippen molar-refractivity contribution in [2.75, 3.05) is 37.8 Å².